The number of carboxylic acids is 1. The molecule has 2 aliphatic heterocycles. The van der Waals surface area contributed by atoms with E-state index in [-0.39, 0.29) is 37.5 Å². The smallest absolute Gasteiger partial charge is 0.422 e. The van der Waals surface area contributed by atoms with Gasteiger partial charge in [0.05, 0.1) is 50.3 Å². The Morgan fingerprint density at radius 3 is 1.43 bits per heavy atom. The summed E-state index contributed by atoms with van der Waals surface area (Å²) in [5.74, 6) is -2.51. The molecule has 2 N–H and O–H groups in total. The molecule has 0 radical (unpaired) electrons. The van der Waals surface area contributed by atoms with Crippen molar-refractivity contribution in [3.63, 3.8) is 0 Å². The first kappa shape index (κ1) is 66.9. The molecule has 2 fully saturated rings. The Bertz CT molecular complexity index is 1310. The summed E-state index contributed by atoms with van der Waals surface area (Å²) in [7, 11) is -2.94. The Morgan fingerprint density at radius 2 is 1.04 bits per heavy atom. The highest BCUT2D eigenvalue weighted by molar-refractivity contribution is 7.91. The van der Waals surface area contributed by atoms with Crippen molar-refractivity contribution < 1.29 is 65.3 Å². The second-order valence-corrected chi connectivity index (χ2v) is 21.6. The lowest BCUT2D eigenvalue weighted by Gasteiger charge is -2.29. The van der Waals surface area contributed by atoms with Crippen molar-refractivity contribution >= 4 is 27.9 Å². The first-order chi connectivity index (χ1) is 31.6. The van der Waals surface area contributed by atoms with Gasteiger partial charge in [0.2, 0.25) is 0 Å². The first-order valence-electron chi connectivity index (χ1n) is 26.0. The fourth-order valence-electron chi connectivity index (χ4n) is 7.02. The van der Waals surface area contributed by atoms with Crippen LogP contribution in [0.4, 0.5) is 18.0 Å². The van der Waals surface area contributed by atoms with Crippen LogP contribution in [0.25, 0.3) is 0 Å². The van der Waals surface area contributed by atoms with Gasteiger partial charge in [0.15, 0.2) is 15.4 Å². The number of carbonyl (C=O) groups is 3. The van der Waals surface area contributed by atoms with Crippen LogP contribution < -0.4 is 10.0 Å². The molecule has 13 nitrogen and oxygen atoms in total. The lowest BCUT2D eigenvalue weighted by molar-refractivity contribution is -0.900. The highest BCUT2D eigenvalue weighted by atomic mass is 32.2. The predicted octanol–water partition coefficient (Wildman–Crippen LogP) is 8.49. The van der Waals surface area contributed by atoms with Gasteiger partial charge in [0.1, 0.15) is 12.2 Å². The van der Waals surface area contributed by atoms with Crippen molar-refractivity contribution in [2.75, 3.05) is 83.7 Å². The standard InChI is InChI=1S/C24H47NO3.C13H29N.C9H17NO4S.C4H5F3O3/c1-2-3-4-5-6-7-8-9-10-11-12-13-14-15-16-17-24(26)28-23-20-25-18-21-27-22-19-25;1-4-7-10-13-14(11-8-5-2)12-9-6-3;1-9(2,3)14-8(11)10-4-6-15(12,13)7-5-10;1-3(10,2(8)9)4(5,6)7/h2-23H2,1H3;4-13H2,1-3H3;4-7H2,1-3H3;10H,1H3,(H,8,9). The number of alkyl halides is 3. The number of morpholine rings is 1. The van der Waals surface area contributed by atoms with Crippen molar-refractivity contribution in [3.8, 4) is 0 Å². The van der Waals surface area contributed by atoms with Crippen LogP contribution in [0, 0.1) is 0 Å². The highest BCUT2D eigenvalue weighted by Crippen LogP contribution is 2.29. The Morgan fingerprint density at radius 1 is 0.642 bits per heavy atom. The minimum atomic E-state index is -5.19. The highest BCUT2D eigenvalue weighted by Gasteiger charge is 2.51. The summed E-state index contributed by atoms with van der Waals surface area (Å²) in [6.45, 7) is 24.2. The fraction of sp³-hybridized carbons (Fsp3) is 0.940. The minimum absolute atomic E-state index is 0.0250. The van der Waals surface area contributed by atoms with Crippen molar-refractivity contribution in [2.24, 2.45) is 0 Å². The number of sulfone groups is 1. The van der Waals surface area contributed by atoms with Gasteiger partial charge in [-0.05, 0) is 59.8 Å². The van der Waals surface area contributed by atoms with Gasteiger partial charge in [-0.1, -0.05) is 137 Å². The molecule has 0 aliphatic carbocycles. The van der Waals surface area contributed by atoms with E-state index >= 15 is 0 Å². The fourth-order valence-corrected chi connectivity index (χ4v) is 8.22. The van der Waals surface area contributed by atoms with E-state index in [0.717, 1.165) is 45.7 Å². The molecular weight excluding hydrogens is 892 g/mol. The Kier molecular flexibility index (Phi) is 40.4. The van der Waals surface area contributed by atoms with Crippen molar-refractivity contribution in [2.45, 2.75) is 220 Å². The van der Waals surface area contributed by atoms with E-state index in [0.29, 0.717) is 13.0 Å². The molecule has 0 aromatic heterocycles. The lowest BCUT2D eigenvalue weighted by atomic mass is 10.0. The average molecular weight is 990 g/mol. The number of quaternary nitrogens is 1. The van der Waals surface area contributed by atoms with Gasteiger partial charge in [-0.3, -0.25) is 9.69 Å². The van der Waals surface area contributed by atoms with Crippen molar-refractivity contribution in [3.05, 3.63) is 0 Å². The Labute approximate surface area is 405 Å². The van der Waals surface area contributed by atoms with Crippen LogP contribution in [-0.4, -0.2) is 142 Å². The van der Waals surface area contributed by atoms with Crippen LogP contribution in [0.1, 0.15) is 203 Å². The molecule has 400 valence electrons. The Hall–Kier alpha value is -2.21. The van der Waals surface area contributed by atoms with E-state index in [4.69, 9.17) is 19.3 Å². The number of carboxylic acid groups (broad SMARTS) is 1. The second-order valence-electron chi connectivity index (χ2n) is 19.3. The van der Waals surface area contributed by atoms with Gasteiger partial charge in [0.25, 0.3) is 0 Å². The molecule has 2 aliphatic rings. The number of halogens is 3. The van der Waals surface area contributed by atoms with Gasteiger partial charge < -0.3 is 39.0 Å². The van der Waals surface area contributed by atoms with Crippen LogP contribution in [0.15, 0.2) is 0 Å². The number of unbranched alkanes of at least 4 members (excludes halogenated alkanes) is 18. The molecular formula is C50H98F3N3O10S. The molecule has 0 bridgehead atoms. The number of carbonyl (C=O) groups excluding carboxylic acids is 3. The third-order valence-electron chi connectivity index (χ3n) is 11.6. The van der Waals surface area contributed by atoms with Gasteiger partial charge in [-0.25, -0.2) is 13.2 Å². The van der Waals surface area contributed by atoms with Crippen LogP contribution in [0.2, 0.25) is 0 Å². The quantitative estimate of drug-likeness (QED) is 0.0524. The first-order valence-corrected chi connectivity index (χ1v) is 27.9. The summed E-state index contributed by atoms with van der Waals surface area (Å²) < 4.78 is 72.3. The molecule has 0 saturated carbocycles. The summed E-state index contributed by atoms with van der Waals surface area (Å²) in [6.07, 6.45) is 24.9. The van der Waals surface area contributed by atoms with Crippen LogP contribution in [0.3, 0.4) is 0 Å². The second kappa shape index (κ2) is 40.5. The van der Waals surface area contributed by atoms with Gasteiger partial charge in [-0.15, -0.1) is 0 Å². The van der Waals surface area contributed by atoms with E-state index in [9.17, 15) is 41.1 Å². The molecule has 1 unspecified atom stereocenters. The third kappa shape index (κ3) is 40.2. The molecule has 2 saturated heterocycles. The van der Waals surface area contributed by atoms with Gasteiger partial charge in [-0.2, -0.15) is 13.2 Å². The zero-order valence-corrected chi connectivity index (χ0v) is 44.3. The number of nitrogens with zero attached hydrogens (tertiary/aromatic N) is 2. The van der Waals surface area contributed by atoms with Crippen LogP contribution in [0.5, 0.6) is 0 Å². The average Bonchev–Trinajstić information content (AvgIpc) is 3.26. The normalized spacial score (nSPS) is 16.0. The summed E-state index contributed by atoms with van der Waals surface area (Å²) >= 11 is 0. The number of ether oxygens (including phenoxy) is 3. The largest absolute Gasteiger partial charge is 0.547 e. The van der Waals surface area contributed by atoms with E-state index in [1.54, 1.807) is 20.8 Å². The maximum Gasteiger partial charge on any atom is 0.422 e. The topological polar surface area (TPSA) is 167 Å². The maximum absolute atomic E-state index is 11.8. The summed E-state index contributed by atoms with van der Waals surface area (Å²) in [5.41, 5.74) is -4.29. The number of rotatable bonds is 30. The SMILES string of the molecule is CC(C)(C)OC(=O)N1CCS(=O)(=O)CC1.CC(O)(C(=O)[O-])C(F)(F)F.CCCCCCCCCCCCCCCCCC(=O)OCCN1CCOCC1.CCCCC[NH+](CCCC)CCCC. The number of amides is 1. The minimum Gasteiger partial charge on any atom is -0.547 e. The Balaban J connectivity index is 0. The molecule has 0 aromatic rings. The molecule has 67 heavy (non-hydrogen) atoms. The molecule has 0 spiro atoms. The number of aliphatic carboxylic acids is 1. The number of hydrogen-bond acceptors (Lipinski definition) is 11. The van der Waals surface area contributed by atoms with Crippen LogP contribution >= 0.6 is 0 Å². The predicted molar refractivity (Wildman–Crippen MR) is 261 cm³/mol. The summed E-state index contributed by atoms with van der Waals surface area (Å²) in [6, 6.07) is 0. The zero-order valence-electron chi connectivity index (χ0n) is 43.5. The number of esters is 1. The number of aliphatic hydroxyl groups is 1. The van der Waals surface area contributed by atoms with E-state index in [2.05, 4.69) is 32.6 Å². The van der Waals surface area contributed by atoms with Crippen molar-refractivity contribution in [1.29, 1.82) is 0 Å². The van der Waals surface area contributed by atoms with Crippen molar-refractivity contribution in [1.82, 2.24) is 9.80 Å². The van der Waals surface area contributed by atoms with E-state index in [1.807, 2.05) is 4.90 Å². The molecule has 1 atom stereocenters. The maximum atomic E-state index is 11.8. The number of hydrogen-bond donors (Lipinski definition) is 2. The molecule has 17 heteroatoms. The zero-order chi connectivity index (χ0) is 51.0. The molecule has 2 rings (SSSR count). The van der Waals surface area contributed by atoms with Gasteiger partial charge >= 0.3 is 18.2 Å². The molecule has 0 aromatic carbocycles. The number of nitrogens with one attached hydrogen (secondary N) is 1. The van der Waals surface area contributed by atoms with E-state index < -0.39 is 39.3 Å². The summed E-state index contributed by atoms with van der Waals surface area (Å²) in [4.78, 5) is 38.5. The molecule has 1 amide bonds. The summed E-state index contributed by atoms with van der Waals surface area (Å²) in [5, 5.41) is 17.7. The van der Waals surface area contributed by atoms with Gasteiger partial charge in [0, 0.05) is 39.1 Å². The monoisotopic (exact) mass is 990 g/mol. The van der Waals surface area contributed by atoms with Crippen LogP contribution in [-0.2, 0) is 33.6 Å². The molecule has 2 heterocycles. The lowest BCUT2D eigenvalue weighted by Crippen LogP contribution is -3.12. The third-order valence-corrected chi connectivity index (χ3v) is 13.2. The van der Waals surface area contributed by atoms with E-state index in [1.165, 1.54) is 153 Å².